The van der Waals surface area contributed by atoms with Crippen LogP contribution in [0.1, 0.15) is 15.9 Å². The molecule has 0 aliphatic heterocycles. The number of carbonyl (C=O) groups excluding carboxylic acids is 1. The minimum atomic E-state index is -0.369. The lowest BCUT2D eigenvalue weighted by Gasteiger charge is -2.00. The quantitative estimate of drug-likeness (QED) is 0.391. The molecule has 0 aliphatic carbocycles. The summed E-state index contributed by atoms with van der Waals surface area (Å²) in [6.45, 7) is 0. The van der Waals surface area contributed by atoms with Gasteiger partial charge in [-0.25, -0.2) is 0 Å². The van der Waals surface area contributed by atoms with E-state index in [2.05, 4.69) is 0 Å². The van der Waals surface area contributed by atoms with Crippen molar-refractivity contribution in [2.24, 2.45) is 0 Å². The second-order valence-corrected chi connectivity index (χ2v) is 4.15. The van der Waals surface area contributed by atoms with Gasteiger partial charge in [0, 0.05) is 5.56 Å². The number of phenols is 4. The molecular weight excluding hydrogens is 260 g/mol. The van der Waals surface area contributed by atoms with Crippen LogP contribution in [0.25, 0.3) is 6.08 Å². The molecule has 0 atom stereocenters. The van der Waals surface area contributed by atoms with Gasteiger partial charge in [-0.2, -0.15) is 0 Å². The van der Waals surface area contributed by atoms with E-state index in [1.165, 1.54) is 42.5 Å². The monoisotopic (exact) mass is 272 g/mol. The molecule has 0 fully saturated rings. The van der Waals surface area contributed by atoms with Crippen LogP contribution in [0.4, 0.5) is 0 Å². The van der Waals surface area contributed by atoms with E-state index in [-0.39, 0.29) is 34.3 Å². The number of aromatic hydroxyl groups is 4. The van der Waals surface area contributed by atoms with Gasteiger partial charge in [-0.15, -0.1) is 0 Å². The van der Waals surface area contributed by atoms with Gasteiger partial charge in [-0.05, 0) is 42.0 Å². The highest BCUT2D eigenvalue weighted by molar-refractivity contribution is 6.07. The van der Waals surface area contributed by atoms with E-state index in [0.29, 0.717) is 5.56 Å². The molecule has 0 amide bonds. The average Bonchev–Trinajstić information content (AvgIpc) is 2.43. The summed E-state index contributed by atoms with van der Waals surface area (Å²) in [7, 11) is 0. The number of hydrogen-bond donors (Lipinski definition) is 4. The van der Waals surface area contributed by atoms with Crippen molar-refractivity contribution >= 4 is 11.9 Å². The molecule has 0 heterocycles. The van der Waals surface area contributed by atoms with Crippen LogP contribution < -0.4 is 0 Å². The standard InChI is InChI=1S/C15H12O5/c16-11(10-3-6-13(18)15(20)8-10)4-1-9-2-5-12(17)14(19)7-9/h1-8,17-20H. The maximum absolute atomic E-state index is 11.8. The molecular formula is C15H12O5. The van der Waals surface area contributed by atoms with Crippen molar-refractivity contribution in [1.29, 1.82) is 0 Å². The number of allylic oxidation sites excluding steroid dienone is 1. The average molecular weight is 272 g/mol. The van der Waals surface area contributed by atoms with Gasteiger partial charge in [0.25, 0.3) is 0 Å². The van der Waals surface area contributed by atoms with Gasteiger partial charge < -0.3 is 20.4 Å². The van der Waals surface area contributed by atoms with Crippen molar-refractivity contribution in [3.8, 4) is 23.0 Å². The fourth-order valence-electron chi connectivity index (χ4n) is 1.59. The van der Waals surface area contributed by atoms with E-state index in [9.17, 15) is 15.0 Å². The maximum atomic E-state index is 11.8. The minimum absolute atomic E-state index is 0.222. The van der Waals surface area contributed by atoms with Crippen LogP contribution in [0.5, 0.6) is 23.0 Å². The highest BCUT2D eigenvalue weighted by Crippen LogP contribution is 2.26. The molecule has 0 aromatic heterocycles. The van der Waals surface area contributed by atoms with Crippen molar-refractivity contribution in [1.82, 2.24) is 0 Å². The van der Waals surface area contributed by atoms with Crippen LogP contribution in [-0.4, -0.2) is 26.2 Å². The summed E-state index contributed by atoms with van der Waals surface area (Å²) in [4.78, 5) is 11.8. The molecule has 0 radical (unpaired) electrons. The zero-order valence-electron chi connectivity index (χ0n) is 10.3. The zero-order valence-corrected chi connectivity index (χ0v) is 10.3. The van der Waals surface area contributed by atoms with Gasteiger partial charge in [-0.3, -0.25) is 4.79 Å². The third-order valence-electron chi connectivity index (χ3n) is 2.69. The Bertz CT molecular complexity index is 689. The summed E-state index contributed by atoms with van der Waals surface area (Å²) in [5.41, 5.74) is 0.760. The van der Waals surface area contributed by atoms with Gasteiger partial charge in [0.05, 0.1) is 0 Å². The van der Waals surface area contributed by atoms with Gasteiger partial charge >= 0.3 is 0 Å². The van der Waals surface area contributed by atoms with E-state index in [4.69, 9.17) is 10.2 Å². The Morgan fingerprint density at radius 2 is 1.40 bits per heavy atom. The normalized spacial score (nSPS) is 10.8. The number of rotatable bonds is 3. The summed E-state index contributed by atoms with van der Waals surface area (Å²) in [6.07, 6.45) is 2.73. The van der Waals surface area contributed by atoms with Crippen molar-refractivity contribution in [2.45, 2.75) is 0 Å². The van der Waals surface area contributed by atoms with Gasteiger partial charge in [-0.1, -0.05) is 12.1 Å². The number of benzene rings is 2. The Kier molecular flexibility index (Phi) is 3.61. The summed E-state index contributed by atoms with van der Waals surface area (Å²) in [6, 6.07) is 7.93. The van der Waals surface area contributed by atoms with Crippen LogP contribution in [0.3, 0.4) is 0 Å². The van der Waals surface area contributed by atoms with Crippen molar-refractivity contribution < 1.29 is 25.2 Å². The highest BCUT2D eigenvalue weighted by atomic mass is 16.3. The lowest BCUT2D eigenvalue weighted by atomic mass is 10.1. The molecule has 0 saturated heterocycles. The molecule has 0 bridgehead atoms. The molecule has 2 aromatic carbocycles. The van der Waals surface area contributed by atoms with E-state index in [1.54, 1.807) is 0 Å². The molecule has 0 spiro atoms. The highest BCUT2D eigenvalue weighted by Gasteiger charge is 2.06. The first kappa shape index (κ1) is 13.5. The molecule has 0 unspecified atom stereocenters. The maximum Gasteiger partial charge on any atom is 0.185 e. The Balaban J connectivity index is 2.19. The smallest absolute Gasteiger partial charge is 0.185 e. The third kappa shape index (κ3) is 2.89. The van der Waals surface area contributed by atoms with Gasteiger partial charge in [0.15, 0.2) is 28.8 Å². The molecule has 4 N–H and O–H groups in total. The summed E-state index contributed by atoms with van der Waals surface area (Å²) in [5, 5.41) is 37.0. The van der Waals surface area contributed by atoms with Crippen LogP contribution in [0.15, 0.2) is 42.5 Å². The fraction of sp³-hybridized carbons (Fsp3) is 0. The molecule has 5 nitrogen and oxygen atoms in total. The van der Waals surface area contributed by atoms with Crippen LogP contribution in [0.2, 0.25) is 0 Å². The van der Waals surface area contributed by atoms with Gasteiger partial charge in [0.1, 0.15) is 0 Å². The lowest BCUT2D eigenvalue weighted by molar-refractivity contribution is 0.104. The van der Waals surface area contributed by atoms with Crippen molar-refractivity contribution in [3.05, 3.63) is 53.6 Å². The van der Waals surface area contributed by atoms with E-state index in [0.717, 1.165) is 6.07 Å². The third-order valence-corrected chi connectivity index (χ3v) is 2.69. The predicted octanol–water partition coefficient (Wildman–Crippen LogP) is 2.41. The molecule has 0 saturated carbocycles. The summed E-state index contributed by atoms with van der Waals surface area (Å²) < 4.78 is 0. The summed E-state index contributed by atoms with van der Waals surface area (Å²) in [5.74, 6) is -1.55. The van der Waals surface area contributed by atoms with Gasteiger partial charge in [0.2, 0.25) is 0 Å². The second kappa shape index (κ2) is 5.36. The second-order valence-electron chi connectivity index (χ2n) is 4.15. The number of ketones is 1. The molecule has 20 heavy (non-hydrogen) atoms. The Labute approximate surface area is 114 Å². The zero-order chi connectivity index (χ0) is 14.7. The molecule has 102 valence electrons. The minimum Gasteiger partial charge on any atom is -0.504 e. The van der Waals surface area contributed by atoms with E-state index < -0.39 is 0 Å². The van der Waals surface area contributed by atoms with Crippen LogP contribution in [0, 0.1) is 0 Å². The topological polar surface area (TPSA) is 98.0 Å². The number of hydrogen-bond acceptors (Lipinski definition) is 5. The first-order valence-electron chi connectivity index (χ1n) is 5.74. The first-order valence-corrected chi connectivity index (χ1v) is 5.74. The first-order chi connectivity index (χ1) is 9.47. The molecule has 2 aromatic rings. The van der Waals surface area contributed by atoms with E-state index in [1.807, 2.05) is 0 Å². The Hall–Kier alpha value is -2.95. The predicted molar refractivity (Wildman–Crippen MR) is 72.9 cm³/mol. The molecule has 2 rings (SSSR count). The van der Waals surface area contributed by atoms with Crippen LogP contribution in [-0.2, 0) is 0 Å². The lowest BCUT2D eigenvalue weighted by Crippen LogP contribution is -1.93. The SMILES string of the molecule is O=C(C=Cc1ccc(O)c(O)c1)c1ccc(O)c(O)c1. The number of carbonyl (C=O) groups is 1. The summed E-state index contributed by atoms with van der Waals surface area (Å²) >= 11 is 0. The fourth-order valence-corrected chi connectivity index (χ4v) is 1.59. The molecule has 0 aliphatic rings. The van der Waals surface area contributed by atoms with Crippen molar-refractivity contribution in [2.75, 3.05) is 0 Å². The molecule has 5 heteroatoms. The Morgan fingerprint density at radius 3 is 2.00 bits per heavy atom. The van der Waals surface area contributed by atoms with Crippen LogP contribution >= 0.6 is 0 Å². The Morgan fingerprint density at radius 1 is 0.800 bits per heavy atom. The largest absolute Gasteiger partial charge is 0.504 e. The number of phenolic OH excluding ortho intramolecular Hbond substituents is 4. The van der Waals surface area contributed by atoms with E-state index >= 15 is 0 Å². The van der Waals surface area contributed by atoms with Crippen molar-refractivity contribution in [3.63, 3.8) is 0 Å².